The average Bonchev–Trinajstić information content (AvgIpc) is 2.75. The summed E-state index contributed by atoms with van der Waals surface area (Å²) in [6.45, 7) is 2.72. The second-order valence-corrected chi connectivity index (χ2v) is 5.13. The van der Waals surface area contributed by atoms with Gasteiger partial charge in [-0.1, -0.05) is 28.9 Å². The Labute approximate surface area is 116 Å². The second kappa shape index (κ2) is 5.28. The zero-order chi connectivity index (χ0) is 13.2. The highest BCUT2D eigenvalue weighted by Crippen LogP contribution is 2.26. The molecular weight excluding hydrogens is 264 g/mol. The maximum Gasteiger partial charge on any atom is 0.259 e. The minimum atomic E-state index is 0.473. The summed E-state index contributed by atoms with van der Waals surface area (Å²) in [5.74, 6) is 1.16. The van der Waals surface area contributed by atoms with Crippen molar-refractivity contribution < 1.29 is 4.52 Å². The number of nitrogens with one attached hydrogen (secondary N) is 1. The van der Waals surface area contributed by atoms with Gasteiger partial charge in [-0.2, -0.15) is 4.98 Å². The fourth-order valence-corrected chi connectivity index (χ4v) is 2.22. The van der Waals surface area contributed by atoms with Crippen LogP contribution in [0.2, 0.25) is 5.02 Å². The van der Waals surface area contributed by atoms with Gasteiger partial charge in [-0.25, -0.2) is 0 Å². The molecule has 3 rings (SSSR count). The normalized spacial score (nSPS) is 15.7. The molecule has 0 saturated carbocycles. The quantitative estimate of drug-likeness (QED) is 0.924. The summed E-state index contributed by atoms with van der Waals surface area (Å²) in [7, 11) is 2.07. The van der Waals surface area contributed by atoms with Crippen LogP contribution < -0.4 is 5.32 Å². The number of aromatic nitrogens is 2. The summed E-state index contributed by atoms with van der Waals surface area (Å²) in [4.78, 5) is 6.62. The average molecular weight is 279 g/mol. The number of hydrogen-bond donors (Lipinski definition) is 1. The van der Waals surface area contributed by atoms with E-state index in [9.17, 15) is 0 Å². The Kier molecular flexibility index (Phi) is 3.50. The summed E-state index contributed by atoms with van der Waals surface area (Å²) in [6, 6.07) is 8.02. The van der Waals surface area contributed by atoms with E-state index in [4.69, 9.17) is 16.1 Å². The van der Waals surface area contributed by atoms with E-state index in [1.807, 2.05) is 24.3 Å². The predicted octanol–water partition coefficient (Wildman–Crippen LogP) is 1.79. The molecular formula is C13H15ClN4O. The highest BCUT2D eigenvalue weighted by Gasteiger charge is 2.23. The Balaban J connectivity index is 1.74. The maximum absolute atomic E-state index is 6.11. The first-order valence-corrected chi connectivity index (χ1v) is 6.60. The molecule has 1 N–H and O–H groups in total. The molecule has 1 aromatic carbocycles. The van der Waals surface area contributed by atoms with Gasteiger partial charge in [-0.05, 0) is 19.2 Å². The molecule has 1 aliphatic heterocycles. The third kappa shape index (κ3) is 2.63. The third-order valence-electron chi connectivity index (χ3n) is 3.35. The lowest BCUT2D eigenvalue weighted by Crippen LogP contribution is -2.55. The number of hydrogen-bond acceptors (Lipinski definition) is 5. The van der Waals surface area contributed by atoms with Crippen molar-refractivity contribution in [1.29, 1.82) is 0 Å². The maximum atomic E-state index is 6.11. The van der Waals surface area contributed by atoms with Gasteiger partial charge < -0.3 is 9.84 Å². The standard InChI is InChI=1S/C13H15ClN4O/c1-18(9-6-15-7-9)8-12-16-13(19-17-12)10-4-2-3-5-11(10)14/h2-5,9,15H,6-8H2,1H3. The lowest BCUT2D eigenvalue weighted by molar-refractivity contribution is 0.168. The molecule has 0 spiro atoms. The van der Waals surface area contributed by atoms with Crippen LogP contribution in [0, 0.1) is 0 Å². The van der Waals surface area contributed by atoms with Crippen LogP contribution in [0.3, 0.4) is 0 Å². The van der Waals surface area contributed by atoms with Crippen molar-refractivity contribution in [2.24, 2.45) is 0 Å². The highest BCUT2D eigenvalue weighted by atomic mass is 35.5. The fraction of sp³-hybridized carbons (Fsp3) is 0.385. The lowest BCUT2D eigenvalue weighted by Gasteiger charge is -2.34. The third-order valence-corrected chi connectivity index (χ3v) is 3.68. The Morgan fingerprint density at radius 3 is 2.89 bits per heavy atom. The van der Waals surface area contributed by atoms with Crippen LogP contribution in [-0.4, -0.2) is 41.2 Å². The Bertz CT molecular complexity index is 567. The molecule has 0 unspecified atom stereocenters. The van der Waals surface area contributed by atoms with Crippen molar-refractivity contribution >= 4 is 11.6 Å². The molecule has 1 aliphatic rings. The lowest BCUT2D eigenvalue weighted by atomic mass is 10.1. The van der Waals surface area contributed by atoms with E-state index >= 15 is 0 Å². The van der Waals surface area contributed by atoms with Crippen LogP contribution in [0.25, 0.3) is 11.5 Å². The van der Waals surface area contributed by atoms with E-state index in [2.05, 4.69) is 27.4 Å². The van der Waals surface area contributed by atoms with Crippen molar-refractivity contribution in [1.82, 2.24) is 20.4 Å². The van der Waals surface area contributed by atoms with Gasteiger partial charge in [0.2, 0.25) is 0 Å². The van der Waals surface area contributed by atoms with Gasteiger partial charge in [0.1, 0.15) is 0 Å². The van der Waals surface area contributed by atoms with Crippen molar-refractivity contribution in [3.63, 3.8) is 0 Å². The van der Waals surface area contributed by atoms with E-state index < -0.39 is 0 Å². The first-order chi connectivity index (χ1) is 9.24. The summed E-state index contributed by atoms with van der Waals surface area (Å²) < 4.78 is 5.28. The number of rotatable bonds is 4. The van der Waals surface area contributed by atoms with Crippen molar-refractivity contribution in [2.45, 2.75) is 12.6 Å². The summed E-state index contributed by atoms with van der Waals surface area (Å²) >= 11 is 6.11. The Hall–Kier alpha value is -1.43. The predicted molar refractivity (Wildman–Crippen MR) is 72.9 cm³/mol. The smallest absolute Gasteiger partial charge is 0.259 e. The zero-order valence-corrected chi connectivity index (χ0v) is 11.4. The molecule has 1 saturated heterocycles. The molecule has 0 aliphatic carbocycles. The molecule has 1 fully saturated rings. The molecule has 0 atom stereocenters. The van der Waals surface area contributed by atoms with Gasteiger partial charge >= 0.3 is 0 Å². The number of nitrogens with zero attached hydrogens (tertiary/aromatic N) is 3. The van der Waals surface area contributed by atoms with Crippen molar-refractivity contribution in [2.75, 3.05) is 20.1 Å². The van der Waals surface area contributed by atoms with Gasteiger partial charge in [-0.3, -0.25) is 4.90 Å². The van der Waals surface area contributed by atoms with E-state index in [-0.39, 0.29) is 0 Å². The van der Waals surface area contributed by atoms with E-state index in [0.29, 0.717) is 29.3 Å². The SMILES string of the molecule is CN(Cc1noc(-c2ccccc2Cl)n1)C1CNC1. The Morgan fingerprint density at radius 2 is 2.21 bits per heavy atom. The van der Waals surface area contributed by atoms with Gasteiger partial charge in [0, 0.05) is 19.1 Å². The van der Waals surface area contributed by atoms with E-state index in [0.717, 1.165) is 18.7 Å². The van der Waals surface area contributed by atoms with Crippen LogP contribution in [0.1, 0.15) is 5.82 Å². The summed E-state index contributed by atoms with van der Waals surface area (Å²) in [6.07, 6.45) is 0. The van der Waals surface area contributed by atoms with Crippen LogP contribution in [0.4, 0.5) is 0 Å². The van der Waals surface area contributed by atoms with E-state index in [1.54, 1.807) is 0 Å². The van der Waals surface area contributed by atoms with E-state index in [1.165, 1.54) is 0 Å². The largest absolute Gasteiger partial charge is 0.334 e. The van der Waals surface area contributed by atoms with Crippen LogP contribution in [-0.2, 0) is 6.54 Å². The van der Waals surface area contributed by atoms with Crippen LogP contribution >= 0.6 is 11.6 Å². The minimum absolute atomic E-state index is 0.473. The molecule has 19 heavy (non-hydrogen) atoms. The van der Waals surface area contributed by atoms with Gasteiger partial charge in [0.15, 0.2) is 5.82 Å². The fourth-order valence-electron chi connectivity index (χ4n) is 2.00. The number of likely N-dealkylation sites (N-methyl/N-ethyl adjacent to an activating group) is 1. The zero-order valence-electron chi connectivity index (χ0n) is 10.6. The van der Waals surface area contributed by atoms with Gasteiger partial charge in [-0.15, -0.1) is 0 Å². The summed E-state index contributed by atoms with van der Waals surface area (Å²) in [5, 5.41) is 7.87. The van der Waals surface area contributed by atoms with Crippen LogP contribution in [0.5, 0.6) is 0 Å². The topological polar surface area (TPSA) is 54.2 Å². The molecule has 6 heteroatoms. The number of halogens is 1. The molecule has 5 nitrogen and oxygen atoms in total. The molecule has 0 bridgehead atoms. The minimum Gasteiger partial charge on any atom is -0.334 e. The Morgan fingerprint density at radius 1 is 1.42 bits per heavy atom. The van der Waals surface area contributed by atoms with Crippen molar-refractivity contribution in [3.05, 3.63) is 35.1 Å². The second-order valence-electron chi connectivity index (χ2n) is 4.72. The molecule has 2 heterocycles. The molecule has 2 aromatic rings. The molecule has 1 aromatic heterocycles. The first kappa shape index (κ1) is 12.6. The van der Waals surface area contributed by atoms with Crippen LogP contribution in [0.15, 0.2) is 28.8 Å². The monoisotopic (exact) mass is 278 g/mol. The first-order valence-electron chi connectivity index (χ1n) is 6.22. The van der Waals surface area contributed by atoms with Gasteiger partial charge in [0.05, 0.1) is 17.1 Å². The number of benzene rings is 1. The molecule has 0 amide bonds. The summed E-state index contributed by atoms with van der Waals surface area (Å²) in [5.41, 5.74) is 0.774. The van der Waals surface area contributed by atoms with Crippen molar-refractivity contribution in [3.8, 4) is 11.5 Å². The molecule has 100 valence electrons. The molecule has 0 radical (unpaired) electrons. The highest BCUT2D eigenvalue weighted by molar-refractivity contribution is 6.33. The van der Waals surface area contributed by atoms with Gasteiger partial charge in [0.25, 0.3) is 5.89 Å².